The van der Waals surface area contributed by atoms with Crippen molar-refractivity contribution in [1.29, 1.82) is 0 Å². The molecule has 0 amide bonds. The highest BCUT2D eigenvalue weighted by Gasteiger charge is 2.51. The average Bonchev–Trinajstić information content (AvgIpc) is 3.08. The fraction of sp³-hybridized carbons (Fsp3) is 0.256. The minimum absolute atomic E-state index is 0.393. The van der Waals surface area contributed by atoms with E-state index >= 15 is 0 Å². The van der Waals surface area contributed by atoms with Crippen LogP contribution >= 0.6 is 0 Å². The first kappa shape index (κ1) is 26.5. The van der Waals surface area contributed by atoms with Gasteiger partial charge in [-0.15, -0.1) is 0 Å². The van der Waals surface area contributed by atoms with Crippen LogP contribution in [0.2, 0.25) is 0 Å². The fourth-order valence-electron chi connectivity index (χ4n) is 8.48. The van der Waals surface area contributed by atoms with Crippen LogP contribution in [0.25, 0.3) is 55.0 Å². The number of rotatable bonds is 5. The number of hydrogen-bond donors (Lipinski definition) is 0. The second-order valence-electron chi connectivity index (χ2n) is 13.0. The Morgan fingerprint density at radius 3 is 1.59 bits per heavy atom. The zero-order valence-corrected chi connectivity index (χ0v) is 24.4. The Kier molecular flexibility index (Phi) is 6.35. The summed E-state index contributed by atoms with van der Waals surface area (Å²) in [6.45, 7) is 14.8. The highest BCUT2D eigenvalue weighted by molar-refractivity contribution is 5.73. The molecule has 1 aromatic heterocycles. The Morgan fingerprint density at radius 1 is 0.500 bits per heavy atom. The predicted molar refractivity (Wildman–Crippen MR) is 174 cm³/mol. The van der Waals surface area contributed by atoms with Crippen molar-refractivity contribution in [2.75, 3.05) is 0 Å². The van der Waals surface area contributed by atoms with Gasteiger partial charge in [-0.3, -0.25) is 0 Å². The molecule has 5 heteroatoms. The van der Waals surface area contributed by atoms with E-state index in [0.29, 0.717) is 34.3 Å². The van der Waals surface area contributed by atoms with E-state index in [1.807, 2.05) is 30.3 Å². The average molecular weight is 570 g/mol. The van der Waals surface area contributed by atoms with Crippen LogP contribution in [0.4, 0.5) is 11.4 Å². The largest absolute Gasteiger partial charge is 0.238 e. The minimum Gasteiger partial charge on any atom is -0.238 e. The lowest BCUT2D eigenvalue weighted by atomic mass is 9.48. The van der Waals surface area contributed by atoms with Crippen molar-refractivity contribution in [3.8, 4) is 45.3 Å². The van der Waals surface area contributed by atoms with Crippen molar-refractivity contribution in [3.05, 3.63) is 125 Å². The Hall–Kier alpha value is -5.13. The molecular formula is C39H31N5. The van der Waals surface area contributed by atoms with Gasteiger partial charge in [0.2, 0.25) is 0 Å². The molecule has 0 N–H and O–H groups in total. The van der Waals surface area contributed by atoms with E-state index in [1.165, 1.54) is 49.7 Å². The highest BCUT2D eigenvalue weighted by Crippen LogP contribution is 2.60. The molecule has 4 aromatic carbocycles. The van der Waals surface area contributed by atoms with Crippen molar-refractivity contribution in [1.82, 2.24) is 15.0 Å². The molecule has 212 valence electrons. The van der Waals surface area contributed by atoms with Crippen LogP contribution in [0.5, 0.6) is 0 Å². The maximum atomic E-state index is 7.46. The van der Waals surface area contributed by atoms with Crippen LogP contribution in [-0.2, 0) is 5.41 Å². The predicted octanol–water partition coefficient (Wildman–Crippen LogP) is 10.1. The highest BCUT2D eigenvalue weighted by atomic mass is 15.0. The fourth-order valence-corrected chi connectivity index (χ4v) is 8.48. The Morgan fingerprint density at radius 2 is 1.00 bits per heavy atom. The van der Waals surface area contributed by atoms with E-state index in [0.717, 1.165) is 40.0 Å². The van der Waals surface area contributed by atoms with E-state index in [1.54, 1.807) is 24.3 Å². The molecule has 44 heavy (non-hydrogen) atoms. The van der Waals surface area contributed by atoms with Crippen molar-refractivity contribution in [3.63, 3.8) is 0 Å². The van der Waals surface area contributed by atoms with E-state index in [2.05, 4.69) is 52.2 Å². The molecule has 4 saturated carbocycles. The zero-order chi connectivity index (χ0) is 29.7. The summed E-state index contributed by atoms with van der Waals surface area (Å²) in [5.74, 6) is 4.40. The third-order valence-corrected chi connectivity index (χ3v) is 10.1. The van der Waals surface area contributed by atoms with Gasteiger partial charge >= 0.3 is 0 Å². The number of nitrogens with zero attached hydrogens (tertiary/aromatic N) is 5. The lowest BCUT2D eigenvalue weighted by molar-refractivity contribution is -0.00518. The van der Waals surface area contributed by atoms with Gasteiger partial charge in [0.1, 0.15) is 0 Å². The quantitative estimate of drug-likeness (QED) is 0.198. The van der Waals surface area contributed by atoms with Crippen LogP contribution in [0.15, 0.2) is 97.1 Å². The van der Waals surface area contributed by atoms with Crippen molar-refractivity contribution < 1.29 is 0 Å². The molecule has 4 aliphatic rings. The summed E-state index contributed by atoms with van der Waals surface area (Å²) in [5.41, 5.74) is 7.81. The second kappa shape index (κ2) is 10.5. The van der Waals surface area contributed by atoms with Crippen molar-refractivity contribution in [2.24, 2.45) is 17.8 Å². The second-order valence-corrected chi connectivity index (χ2v) is 13.0. The summed E-state index contributed by atoms with van der Waals surface area (Å²) >= 11 is 0. The minimum atomic E-state index is 0.393. The monoisotopic (exact) mass is 569 g/mol. The first-order valence-corrected chi connectivity index (χ1v) is 15.5. The lowest BCUT2D eigenvalue weighted by Gasteiger charge is -2.57. The van der Waals surface area contributed by atoms with Crippen molar-refractivity contribution >= 4 is 11.4 Å². The lowest BCUT2D eigenvalue weighted by Crippen LogP contribution is -2.48. The SMILES string of the molecule is [C-]#[N+]c1ccc(-c2nc(-c3cccc([N+]#[C-])c3)nc(-c3cccc(-c4ccc(C56CC7CC(CC(C7)C5)C6)cc4)c3)n2)cc1. The van der Waals surface area contributed by atoms with E-state index in [4.69, 9.17) is 28.1 Å². The summed E-state index contributed by atoms with van der Waals surface area (Å²) in [7, 11) is 0. The molecule has 0 aliphatic heterocycles. The molecule has 4 aliphatic carbocycles. The van der Waals surface area contributed by atoms with Gasteiger partial charge in [-0.1, -0.05) is 84.9 Å². The normalized spacial score (nSPS) is 23.2. The van der Waals surface area contributed by atoms with Gasteiger partial charge in [0, 0.05) is 16.7 Å². The maximum absolute atomic E-state index is 7.46. The van der Waals surface area contributed by atoms with Crippen LogP contribution < -0.4 is 0 Å². The molecule has 5 aromatic rings. The molecule has 5 nitrogen and oxygen atoms in total. The first-order chi connectivity index (χ1) is 21.6. The van der Waals surface area contributed by atoms with Crippen LogP contribution in [0, 0.1) is 30.9 Å². The van der Waals surface area contributed by atoms with E-state index < -0.39 is 0 Å². The Balaban J connectivity index is 1.16. The van der Waals surface area contributed by atoms with Crippen LogP contribution in [0.3, 0.4) is 0 Å². The number of benzene rings is 4. The number of aromatic nitrogens is 3. The smallest absolute Gasteiger partial charge is 0.187 e. The summed E-state index contributed by atoms with van der Waals surface area (Å²) in [5, 5.41) is 0. The summed E-state index contributed by atoms with van der Waals surface area (Å²) in [6, 6.07) is 32.4. The standard InChI is InChI=1S/C39H31N5/c1-40-34-15-11-29(12-16-34)36-42-37(44-38(43-36)32-7-4-8-35(21-32)41-2)31-6-3-5-30(20-31)28-9-13-33(14-10-28)39-22-25-17-26(23-39)19-27(18-25)24-39/h3-16,20-21,25-27H,17-19,22-24H2. The molecule has 0 saturated heterocycles. The molecule has 9 rings (SSSR count). The van der Waals surface area contributed by atoms with Gasteiger partial charge in [0.05, 0.1) is 13.1 Å². The molecule has 4 fully saturated rings. The van der Waals surface area contributed by atoms with Gasteiger partial charge in [-0.2, -0.15) is 0 Å². The van der Waals surface area contributed by atoms with E-state index in [-0.39, 0.29) is 0 Å². The Bertz CT molecular complexity index is 1930. The summed E-state index contributed by atoms with van der Waals surface area (Å²) < 4.78 is 0. The Labute approximate surface area is 258 Å². The summed E-state index contributed by atoms with van der Waals surface area (Å²) in [6.07, 6.45) is 8.50. The van der Waals surface area contributed by atoms with Gasteiger partial charge in [0.15, 0.2) is 28.8 Å². The zero-order valence-electron chi connectivity index (χ0n) is 24.4. The third-order valence-electron chi connectivity index (χ3n) is 10.1. The van der Waals surface area contributed by atoms with Crippen LogP contribution in [-0.4, -0.2) is 15.0 Å². The van der Waals surface area contributed by atoms with Gasteiger partial charge in [0.25, 0.3) is 0 Å². The van der Waals surface area contributed by atoms with E-state index in [9.17, 15) is 0 Å². The van der Waals surface area contributed by atoms with Crippen molar-refractivity contribution in [2.45, 2.75) is 43.9 Å². The molecular weight excluding hydrogens is 538 g/mol. The molecule has 0 unspecified atom stereocenters. The van der Waals surface area contributed by atoms with Gasteiger partial charge < -0.3 is 0 Å². The number of hydrogen-bond acceptors (Lipinski definition) is 3. The van der Waals surface area contributed by atoms with Crippen LogP contribution in [0.1, 0.15) is 44.1 Å². The molecule has 0 spiro atoms. The first-order valence-electron chi connectivity index (χ1n) is 15.5. The summed E-state index contributed by atoms with van der Waals surface area (Å²) in [4.78, 5) is 21.7. The maximum Gasteiger partial charge on any atom is 0.187 e. The topological polar surface area (TPSA) is 47.4 Å². The molecule has 0 radical (unpaired) electrons. The third kappa shape index (κ3) is 4.76. The molecule has 4 bridgehead atoms. The van der Waals surface area contributed by atoms with Gasteiger partial charge in [-0.25, -0.2) is 24.6 Å². The molecule has 1 heterocycles. The van der Waals surface area contributed by atoms with Gasteiger partial charge in [-0.05, 0) is 90.5 Å². The molecule has 0 atom stereocenters.